The molecule has 0 unspecified atom stereocenters. The smallest absolute Gasteiger partial charge is 0.195 e. The number of aryl methyl sites for hydroxylation is 2. The minimum absolute atomic E-state index is 0. The molecule has 0 fully saturated rings. The molecule has 0 radical (unpaired) electrons. The van der Waals surface area contributed by atoms with E-state index in [1.807, 2.05) is 69.2 Å². The van der Waals surface area contributed by atoms with Crippen LogP contribution >= 0.6 is 24.0 Å². The number of nitrogen functional groups attached to an aromatic ring is 1. The van der Waals surface area contributed by atoms with Crippen LogP contribution in [0.2, 0.25) is 0 Å². The number of anilines is 1. The number of benzene rings is 1. The van der Waals surface area contributed by atoms with Gasteiger partial charge in [0.15, 0.2) is 5.96 Å². The van der Waals surface area contributed by atoms with E-state index in [0.717, 1.165) is 29.3 Å². The Labute approximate surface area is 178 Å². The van der Waals surface area contributed by atoms with Crippen LogP contribution in [0.3, 0.4) is 0 Å². The van der Waals surface area contributed by atoms with Crippen LogP contribution in [-0.2, 0) is 6.42 Å². The molecule has 8 heteroatoms. The predicted molar refractivity (Wildman–Crippen MR) is 121 cm³/mol. The number of aliphatic imine (C=N–C) groups is 1. The van der Waals surface area contributed by atoms with Crippen LogP contribution in [0.1, 0.15) is 23.2 Å². The molecule has 1 heterocycles. The van der Waals surface area contributed by atoms with Crippen LogP contribution in [0.4, 0.5) is 5.82 Å². The second kappa shape index (κ2) is 10.2. The van der Waals surface area contributed by atoms with Gasteiger partial charge in [0, 0.05) is 34.7 Å². The van der Waals surface area contributed by atoms with Gasteiger partial charge in [-0.15, -0.1) is 24.0 Å². The molecule has 2 N–H and O–H groups in total. The molecule has 0 saturated heterocycles. The Bertz CT molecular complexity index is 804. The fraction of sp³-hybridized carbons (Fsp3) is 0.421. The zero-order chi connectivity index (χ0) is 19.3. The van der Waals surface area contributed by atoms with Crippen molar-refractivity contribution >= 4 is 35.8 Å². The fourth-order valence-corrected chi connectivity index (χ4v) is 2.77. The first-order chi connectivity index (χ1) is 12.3. The summed E-state index contributed by atoms with van der Waals surface area (Å²) in [7, 11) is 7.88. The summed E-state index contributed by atoms with van der Waals surface area (Å²) in [5, 5.41) is 14.0. The molecule has 0 atom stereocenters. The average molecular weight is 481 g/mol. The molecule has 0 saturated carbocycles. The van der Waals surface area contributed by atoms with E-state index in [4.69, 9.17) is 5.73 Å². The zero-order valence-electron chi connectivity index (χ0n) is 16.6. The number of guanidine groups is 1. The molecule has 0 bridgehead atoms. The number of nitrogens with zero attached hydrogens (tertiary/aromatic N) is 6. The summed E-state index contributed by atoms with van der Waals surface area (Å²) in [6, 6.07) is 10.1. The number of nitriles is 1. The molecular weight excluding hydrogens is 453 g/mol. The first-order valence-corrected chi connectivity index (χ1v) is 8.58. The molecule has 0 aliphatic heterocycles. The Hall–Kier alpha value is -2.28. The zero-order valence-corrected chi connectivity index (χ0v) is 18.9. The molecule has 0 aliphatic carbocycles. The van der Waals surface area contributed by atoms with Crippen molar-refractivity contribution in [3.8, 4) is 11.8 Å². The Morgan fingerprint density at radius 3 is 2.30 bits per heavy atom. The standard InChI is InChI=1S/C19H27N7.HI/c1-14-8-10-15(11-9-14)26-18(21)16(13-20)17(23-26)7-6-12-22-19(24(2)3)25(4)5;/h8-11H,6-7,12,21H2,1-5H3;1H. The van der Waals surface area contributed by atoms with Crippen molar-refractivity contribution in [1.82, 2.24) is 19.6 Å². The molecule has 0 spiro atoms. The normalized spacial score (nSPS) is 9.93. The maximum absolute atomic E-state index is 9.47. The van der Waals surface area contributed by atoms with E-state index in [1.165, 1.54) is 0 Å². The average Bonchev–Trinajstić information content (AvgIpc) is 2.90. The van der Waals surface area contributed by atoms with Gasteiger partial charge in [-0.2, -0.15) is 10.4 Å². The lowest BCUT2D eigenvalue weighted by molar-refractivity contribution is 0.479. The minimum atomic E-state index is 0. The van der Waals surface area contributed by atoms with Crippen LogP contribution in [0, 0.1) is 18.3 Å². The SMILES string of the molecule is Cc1ccc(-n2nc(CCCN=C(N(C)C)N(C)C)c(C#N)c2N)cc1.I. The summed E-state index contributed by atoms with van der Waals surface area (Å²) in [5.41, 5.74) is 9.35. The van der Waals surface area contributed by atoms with Crippen molar-refractivity contribution < 1.29 is 0 Å². The topological polar surface area (TPSA) is 86.5 Å². The quantitative estimate of drug-likeness (QED) is 0.307. The molecule has 2 aromatic rings. The summed E-state index contributed by atoms with van der Waals surface area (Å²) in [6.45, 7) is 2.69. The molecule has 146 valence electrons. The molecule has 27 heavy (non-hydrogen) atoms. The van der Waals surface area contributed by atoms with Crippen molar-refractivity contribution in [2.75, 3.05) is 40.5 Å². The van der Waals surface area contributed by atoms with Gasteiger partial charge < -0.3 is 15.5 Å². The van der Waals surface area contributed by atoms with E-state index >= 15 is 0 Å². The van der Waals surface area contributed by atoms with E-state index in [0.29, 0.717) is 24.3 Å². The van der Waals surface area contributed by atoms with Gasteiger partial charge in [0.1, 0.15) is 17.5 Å². The fourth-order valence-electron chi connectivity index (χ4n) is 2.77. The van der Waals surface area contributed by atoms with Gasteiger partial charge in [-0.1, -0.05) is 17.7 Å². The number of aromatic nitrogens is 2. The number of hydrogen-bond donors (Lipinski definition) is 1. The van der Waals surface area contributed by atoms with Gasteiger partial charge in [0.2, 0.25) is 0 Å². The molecule has 2 rings (SSSR count). The number of nitrogens with two attached hydrogens (primary N) is 1. The Morgan fingerprint density at radius 2 is 1.78 bits per heavy atom. The molecule has 0 amide bonds. The van der Waals surface area contributed by atoms with Crippen LogP contribution in [0.25, 0.3) is 5.69 Å². The number of halogens is 1. The highest BCUT2D eigenvalue weighted by molar-refractivity contribution is 14.0. The molecule has 0 aliphatic rings. The number of hydrogen-bond acceptors (Lipinski definition) is 4. The van der Waals surface area contributed by atoms with E-state index < -0.39 is 0 Å². The molecule has 1 aromatic heterocycles. The van der Waals surface area contributed by atoms with Gasteiger partial charge in [-0.25, -0.2) is 4.68 Å². The Balaban J connectivity index is 0.00000364. The van der Waals surface area contributed by atoms with Gasteiger partial charge >= 0.3 is 0 Å². The van der Waals surface area contributed by atoms with Gasteiger partial charge in [-0.3, -0.25) is 4.99 Å². The molecular formula is C19H28IN7. The first-order valence-electron chi connectivity index (χ1n) is 8.58. The highest BCUT2D eigenvalue weighted by atomic mass is 127. The summed E-state index contributed by atoms with van der Waals surface area (Å²) >= 11 is 0. The monoisotopic (exact) mass is 481 g/mol. The Kier molecular flexibility index (Phi) is 8.56. The van der Waals surface area contributed by atoms with Crippen molar-refractivity contribution in [1.29, 1.82) is 5.26 Å². The van der Waals surface area contributed by atoms with Crippen LogP contribution < -0.4 is 5.73 Å². The third kappa shape index (κ3) is 5.60. The summed E-state index contributed by atoms with van der Waals surface area (Å²) in [4.78, 5) is 8.56. The first kappa shape index (κ1) is 22.8. The molecule has 7 nitrogen and oxygen atoms in total. The second-order valence-electron chi connectivity index (χ2n) is 6.64. The summed E-state index contributed by atoms with van der Waals surface area (Å²) in [6.07, 6.45) is 1.45. The highest BCUT2D eigenvalue weighted by Gasteiger charge is 2.16. The maximum atomic E-state index is 9.47. The third-order valence-corrected chi connectivity index (χ3v) is 4.01. The summed E-state index contributed by atoms with van der Waals surface area (Å²) in [5.74, 6) is 1.30. The van der Waals surface area contributed by atoms with E-state index in [2.05, 4.69) is 16.2 Å². The van der Waals surface area contributed by atoms with E-state index in [1.54, 1.807) is 4.68 Å². The van der Waals surface area contributed by atoms with Gasteiger partial charge in [0.25, 0.3) is 0 Å². The van der Waals surface area contributed by atoms with Crippen LogP contribution in [0.15, 0.2) is 29.3 Å². The van der Waals surface area contributed by atoms with Crippen molar-refractivity contribution in [3.05, 3.63) is 41.1 Å². The lowest BCUT2D eigenvalue weighted by atomic mass is 10.1. The van der Waals surface area contributed by atoms with Crippen molar-refractivity contribution in [2.24, 2.45) is 4.99 Å². The van der Waals surface area contributed by atoms with Gasteiger partial charge in [-0.05, 0) is 31.9 Å². The van der Waals surface area contributed by atoms with Crippen molar-refractivity contribution in [2.45, 2.75) is 19.8 Å². The maximum Gasteiger partial charge on any atom is 0.195 e. The minimum Gasteiger partial charge on any atom is -0.382 e. The van der Waals surface area contributed by atoms with Crippen LogP contribution in [-0.4, -0.2) is 60.3 Å². The third-order valence-electron chi connectivity index (χ3n) is 4.01. The van der Waals surface area contributed by atoms with Crippen molar-refractivity contribution in [3.63, 3.8) is 0 Å². The van der Waals surface area contributed by atoms with Crippen LogP contribution in [0.5, 0.6) is 0 Å². The highest BCUT2D eigenvalue weighted by Crippen LogP contribution is 2.21. The largest absolute Gasteiger partial charge is 0.382 e. The molecule has 1 aromatic carbocycles. The van der Waals surface area contributed by atoms with Gasteiger partial charge in [0.05, 0.1) is 11.4 Å². The lowest BCUT2D eigenvalue weighted by Crippen LogP contribution is -2.35. The summed E-state index contributed by atoms with van der Waals surface area (Å²) < 4.78 is 1.64. The van der Waals surface area contributed by atoms with E-state index in [-0.39, 0.29) is 24.0 Å². The van der Waals surface area contributed by atoms with E-state index in [9.17, 15) is 5.26 Å². The predicted octanol–water partition coefficient (Wildman–Crippen LogP) is 2.66. The number of rotatable bonds is 5. The Morgan fingerprint density at radius 1 is 1.19 bits per heavy atom. The second-order valence-corrected chi connectivity index (χ2v) is 6.64. The lowest BCUT2D eigenvalue weighted by Gasteiger charge is -2.22.